The van der Waals surface area contributed by atoms with Crippen molar-refractivity contribution in [2.75, 3.05) is 0 Å². The van der Waals surface area contributed by atoms with Crippen LogP contribution in [0, 0.1) is 5.92 Å². The lowest BCUT2D eigenvalue weighted by Crippen LogP contribution is -2.12. The van der Waals surface area contributed by atoms with Crippen LogP contribution in [0.25, 0.3) is 21.9 Å². The molecule has 98 valence electrons. The van der Waals surface area contributed by atoms with Crippen molar-refractivity contribution < 1.29 is 4.42 Å². The number of hydrogen-bond donors (Lipinski definition) is 1. The van der Waals surface area contributed by atoms with Crippen molar-refractivity contribution in [1.29, 1.82) is 0 Å². The molecule has 1 unspecified atom stereocenters. The van der Waals surface area contributed by atoms with E-state index in [1.54, 1.807) is 0 Å². The van der Waals surface area contributed by atoms with Crippen LogP contribution in [0.1, 0.15) is 31.9 Å². The normalized spacial score (nSPS) is 13.5. The van der Waals surface area contributed by atoms with E-state index in [2.05, 4.69) is 32.0 Å². The van der Waals surface area contributed by atoms with Gasteiger partial charge in [-0.1, -0.05) is 38.1 Å². The average molecular weight is 253 g/mol. The van der Waals surface area contributed by atoms with Gasteiger partial charge in [0.1, 0.15) is 11.2 Å². The highest BCUT2D eigenvalue weighted by molar-refractivity contribution is 6.04. The quantitative estimate of drug-likeness (QED) is 0.739. The molecule has 2 heteroatoms. The van der Waals surface area contributed by atoms with E-state index in [9.17, 15) is 0 Å². The van der Waals surface area contributed by atoms with Crippen molar-refractivity contribution in [2.24, 2.45) is 11.7 Å². The molecule has 1 atom stereocenters. The summed E-state index contributed by atoms with van der Waals surface area (Å²) in [6.45, 7) is 4.40. The van der Waals surface area contributed by atoms with E-state index in [-0.39, 0.29) is 6.04 Å². The van der Waals surface area contributed by atoms with Gasteiger partial charge in [-0.3, -0.25) is 0 Å². The monoisotopic (exact) mass is 253 g/mol. The zero-order chi connectivity index (χ0) is 13.4. The van der Waals surface area contributed by atoms with Gasteiger partial charge in [0, 0.05) is 16.8 Å². The largest absolute Gasteiger partial charge is 0.456 e. The third-order valence-electron chi connectivity index (χ3n) is 3.55. The fourth-order valence-electron chi connectivity index (χ4n) is 2.62. The van der Waals surface area contributed by atoms with Crippen molar-refractivity contribution in [1.82, 2.24) is 0 Å². The van der Waals surface area contributed by atoms with Gasteiger partial charge in [-0.15, -0.1) is 0 Å². The highest BCUT2D eigenvalue weighted by Gasteiger charge is 2.12. The first-order valence-electron chi connectivity index (χ1n) is 6.82. The van der Waals surface area contributed by atoms with Crippen LogP contribution in [-0.2, 0) is 0 Å². The Bertz CT molecular complexity index is 711. The third kappa shape index (κ3) is 2.24. The summed E-state index contributed by atoms with van der Waals surface area (Å²) in [6.07, 6.45) is 1.00. The summed E-state index contributed by atoms with van der Waals surface area (Å²) in [4.78, 5) is 0. The van der Waals surface area contributed by atoms with Gasteiger partial charge in [0.15, 0.2) is 0 Å². The fraction of sp³-hybridized carbons (Fsp3) is 0.294. The molecule has 2 aromatic carbocycles. The molecule has 0 bridgehead atoms. The molecule has 3 rings (SSSR count). The fourth-order valence-corrected chi connectivity index (χ4v) is 2.62. The molecule has 0 aliphatic rings. The van der Waals surface area contributed by atoms with E-state index < -0.39 is 0 Å². The van der Waals surface area contributed by atoms with Crippen LogP contribution in [0.5, 0.6) is 0 Å². The topological polar surface area (TPSA) is 39.2 Å². The zero-order valence-corrected chi connectivity index (χ0v) is 11.4. The molecule has 0 amide bonds. The molecule has 0 saturated heterocycles. The summed E-state index contributed by atoms with van der Waals surface area (Å²) < 4.78 is 5.83. The predicted molar refractivity (Wildman–Crippen MR) is 80.1 cm³/mol. The van der Waals surface area contributed by atoms with Gasteiger partial charge in [0.05, 0.1) is 0 Å². The molecule has 0 aliphatic heterocycles. The summed E-state index contributed by atoms with van der Waals surface area (Å²) in [5.41, 5.74) is 9.33. The van der Waals surface area contributed by atoms with Crippen molar-refractivity contribution in [3.63, 3.8) is 0 Å². The number of para-hydroxylation sites is 1. The molecule has 0 spiro atoms. The third-order valence-corrected chi connectivity index (χ3v) is 3.55. The maximum atomic E-state index is 6.27. The van der Waals surface area contributed by atoms with E-state index in [0.29, 0.717) is 5.92 Å². The van der Waals surface area contributed by atoms with Gasteiger partial charge in [-0.2, -0.15) is 0 Å². The number of hydrogen-bond acceptors (Lipinski definition) is 2. The Morgan fingerprint density at radius 2 is 1.74 bits per heavy atom. The van der Waals surface area contributed by atoms with Gasteiger partial charge in [0.25, 0.3) is 0 Å². The van der Waals surface area contributed by atoms with Crippen LogP contribution in [-0.4, -0.2) is 0 Å². The molecular weight excluding hydrogens is 234 g/mol. The molecule has 3 aromatic rings. The smallest absolute Gasteiger partial charge is 0.135 e. The van der Waals surface area contributed by atoms with Gasteiger partial charge >= 0.3 is 0 Å². The molecule has 2 N–H and O–H groups in total. The average Bonchev–Trinajstić information content (AvgIpc) is 2.75. The number of fused-ring (bicyclic) bond motifs is 3. The van der Waals surface area contributed by atoms with Crippen LogP contribution in [0.3, 0.4) is 0 Å². The Morgan fingerprint density at radius 1 is 1.00 bits per heavy atom. The lowest BCUT2D eigenvalue weighted by atomic mass is 9.96. The molecule has 0 radical (unpaired) electrons. The van der Waals surface area contributed by atoms with Crippen molar-refractivity contribution in [3.8, 4) is 0 Å². The Labute approximate surface area is 113 Å². The van der Waals surface area contributed by atoms with E-state index in [1.165, 1.54) is 5.56 Å². The molecule has 0 saturated carbocycles. The second kappa shape index (κ2) is 4.71. The molecule has 0 fully saturated rings. The highest BCUT2D eigenvalue weighted by Crippen LogP contribution is 2.31. The summed E-state index contributed by atoms with van der Waals surface area (Å²) >= 11 is 0. The zero-order valence-electron chi connectivity index (χ0n) is 11.4. The SMILES string of the molecule is CC(C)CC(N)c1ccc2oc3ccccc3c2c1. The molecule has 1 aromatic heterocycles. The van der Waals surface area contributed by atoms with Gasteiger partial charge < -0.3 is 10.2 Å². The van der Waals surface area contributed by atoms with E-state index in [1.807, 2.05) is 24.3 Å². The Morgan fingerprint density at radius 3 is 2.53 bits per heavy atom. The number of rotatable bonds is 3. The molecular formula is C17H19NO. The van der Waals surface area contributed by atoms with Crippen LogP contribution in [0.2, 0.25) is 0 Å². The first kappa shape index (κ1) is 12.2. The van der Waals surface area contributed by atoms with E-state index >= 15 is 0 Å². The maximum Gasteiger partial charge on any atom is 0.135 e. The number of furan rings is 1. The number of benzene rings is 2. The minimum atomic E-state index is 0.0954. The van der Waals surface area contributed by atoms with Crippen LogP contribution in [0.15, 0.2) is 46.9 Å². The Balaban J connectivity index is 2.11. The number of nitrogens with two attached hydrogens (primary N) is 1. The minimum absolute atomic E-state index is 0.0954. The van der Waals surface area contributed by atoms with Gasteiger partial charge in [0.2, 0.25) is 0 Å². The lowest BCUT2D eigenvalue weighted by Gasteiger charge is -2.14. The minimum Gasteiger partial charge on any atom is -0.456 e. The molecule has 0 aliphatic carbocycles. The Kier molecular flexibility index (Phi) is 3.03. The van der Waals surface area contributed by atoms with E-state index in [0.717, 1.165) is 28.4 Å². The van der Waals surface area contributed by atoms with Gasteiger partial charge in [-0.05, 0) is 36.1 Å². The van der Waals surface area contributed by atoms with Crippen molar-refractivity contribution >= 4 is 21.9 Å². The van der Waals surface area contributed by atoms with Crippen LogP contribution < -0.4 is 5.73 Å². The standard InChI is InChI=1S/C17H19NO/c1-11(2)9-15(18)12-7-8-17-14(10-12)13-5-3-4-6-16(13)19-17/h3-8,10-11,15H,9,18H2,1-2H3. The molecule has 2 nitrogen and oxygen atoms in total. The molecule has 19 heavy (non-hydrogen) atoms. The van der Waals surface area contributed by atoms with Crippen molar-refractivity contribution in [3.05, 3.63) is 48.0 Å². The lowest BCUT2D eigenvalue weighted by molar-refractivity contribution is 0.510. The summed E-state index contributed by atoms with van der Waals surface area (Å²) in [5, 5.41) is 2.32. The highest BCUT2D eigenvalue weighted by atomic mass is 16.3. The summed E-state index contributed by atoms with van der Waals surface area (Å²) in [5.74, 6) is 0.604. The van der Waals surface area contributed by atoms with E-state index in [4.69, 9.17) is 10.2 Å². The predicted octanol–water partition coefficient (Wildman–Crippen LogP) is 4.63. The summed E-state index contributed by atoms with van der Waals surface area (Å²) in [6, 6.07) is 14.5. The van der Waals surface area contributed by atoms with Crippen LogP contribution in [0.4, 0.5) is 0 Å². The first-order valence-corrected chi connectivity index (χ1v) is 6.82. The second-order valence-corrected chi connectivity index (χ2v) is 5.59. The second-order valence-electron chi connectivity index (χ2n) is 5.59. The van der Waals surface area contributed by atoms with Crippen LogP contribution >= 0.6 is 0 Å². The molecule has 1 heterocycles. The summed E-state index contributed by atoms with van der Waals surface area (Å²) in [7, 11) is 0. The van der Waals surface area contributed by atoms with Gasteiger partial charge in [-0.25, -0.2) is 0 Å². The van der Waals surface area contributed by atoms with Crippen molar-refractivity contribution in [2.45, 2.75) is 26.3 Å². The Hall–Kier alpha value is -1.80. The maximum absolute atomic E-state index is 6.27. The first-order chi connectivity index (χ1) is 9.15.